The van der Waals surface area contributed by atoms with Gasteiger partial charge in [0.05, 0.1) is 34.9 Å². The number of fused-ring (bicyclic) bond motifs is 6. The summed E-state index contributed by atoms with van der Waals surface area (Å²) < 4.78 is 11.3. The minimum atomic E-state index is 0. The number of pyridine rings is 6. The third-order valence-corrected chi connectivity index (χ3v) is 19.9. The summed E-state index contributed by atoms with van der Waals surface area (Å²) >= 11 is 0. The second-order valence-corrected chi connectivity index (χ2v) is 28.0. The molecular formula is C101H74Ir4N18-6. The van der Waals surface area contributed by atoms with Gasteiger partial charge in [-0.05, 0) is 110 Å². The molecule has 22 rings (SSSR count). The van der Waals surface area contributed by atoms with Crippen LogP contribution in [0.15, 0.2) is 371 Å². The van der Waals surface area contributed by atoms with Crippen molar-refractivity contribution in [3.8, 4) is 79.4 Å². The molecule has 18 nitrogen and oxygen atoms in total. The Balaban J connectivity index is 0.000000127. The number of hydrogen-bond donors (Lipinski definition) is 0. The van der Waals surface area contributed by atoms with E-state index in [0.717, 1.165) is 123 Å². The monoisotopic (exact) mass is 2310 g/mol. The smallest absolute Gasteiger partial charge is 0.0555 e. The fraction of sp³-hybridized carbons (Fsp3) is 0.0495. The third kappa shape index (κ3) is 20.1. The van der Waals surface area contributed by atoms with Crippen LogP contribution in [0, 0.1) is 51.8 Å². The van der Waals surface area contributed by atoms with Crippen molar-refractivity contribution in [2.24, 2.45) is 0 Å². The van der Waals surface area contributed by atoms with E-state index in [-0.39, 0.29) is 80.4 Å². The molecule has 12 aromatic heterocycles. The molecule has 10 aromatic carbocycles. The summed E-state index contributed by atoms with van der Waals surface area (Å²) in [6.07, 6.45) is 29.2. The molecule has 0 saturated heterocycles. The number of aryl methyl sites for hydroxylation is 2. The SMILES string of the molecule is CC(C)c1cc(-n2[c-]nc3ccccc32)ncc1-c1ccccc1.Cc1cc(-n2[c-]nc3ccccc32)ncc1-c1ccccc1.Cc1cc(-n2[c-]nc3ccccc32)ncc1-c1ccccc1.[Ir].[Ir].[Ir].[Ir].[c-]1nc2ccccc2n1-c1ccc(-c2ccccc2)cn1.[c-]1nc2ccccc2n1-c1ccccn1.[c-]1nc2ccccc2n1-c1ccccn1. The zero-order valence-electron chi connectivity index (χ0n) is 66.7. The molecule has 0 spiro atoms. The summed E-state index contributed by atoms with van der Waals surface area (Å²) in [6.45, 7) is 8.63. The fourth-order valence-corrected chi connectivity index (χ4v) is 13.9. The molecule has 123 heavy (non-hydrogen) atoms. The van der Waals surface area contributed by atoms with Crippen LogP contribution in [0.4, 0.5) is 0 Å². The van der Waals surface area contributed by atoms with Gasteiger partial charge >= 0.3 is 0 Å². The molecule has 0 aliphatic rings. The van der Waals surface area contributed by atoms with E-state index in [1.165, 1.54) is 38.9 Å². The number of imidazole rings is 6. The van der Waals surface area contributed by atoms with Gasteiger partial charge in [-0.2, -0.15) is 0 Å². The van der Waals surface area contributed by atoms with Crippen LogP contribution >= 0.6 is 0 Å². The van der Waals surface area contributed by atoms with Gasteiger partial charge in [0.1, 0.15) is 0 Å². The first-order valence-corrected chi connectivity index (χ1v) is 38.8. The van der Waals surface area contributed by atoms with Crippen LogP contribution in [0.25, 0.3) is 146 Å². The topological polar surface area (TPSA) is 184 Å². The molecule has 12 heterocycles. The first kappa shape index (κ1) is 87.3. The number of nitrogens with zero attached hydrogens (tertiary/aromatic N) is 18. The zero-order valence-corrected chi connectivity index (χ0v) is 76.3. The Kier molecular flexibility index (Phi) is 29.6. The summed E-state index contributed by atoms with van der Waals surface area (Å²) in [6, 6.07) is 111. The summed E-state index contributed by atoms with van der Waals surface area (Å²) in [4.78, 5) is 52.6. The van der Waals surface area contributed by atoms with Crippen LogP contribution < -0.4 is 0 Å². The van der Waals surface area contributed by atoms with Crippen molar-refractivity contribution in [1.29, 1.82) is 0 Å². The van der Waals surface area contributed by atoms with Gasteiger partial charge in [-0.25, -0.2) is 0 Å². The van der Waals surface area contributed by atoms with Crippen LogP contribution in [-0.2, 0) is 80.4 Å². The van der Waals surface area contributed by atoms with E-state index in [9.17, 15) is 0 Å². The Morgan fingerprint density at radius 3 is 0.756 bits per heavy atom. The van der Waals surface area contributed by atoms with Crippen LogP contribution in [0.5, 0.6) is 0 Å². The van der Waals surface area contributed by atoms with Crippen molar-refractivity contribution < 1.29 is 80.4 Å². The van der Waals surface area contributed by atoms with Gasteiger partial charge in [0.15, 0.2) is 0 Å². The van der Waals surface area contributed by atoms with Crippen LogP contribution in [0.2, 0.25) is 0 Å². The molecule has 0 N–H and O–H groups in total. The molecule has 0 aliphatic carbocycles. The molecule has 0 amide bonds. The summed E-state index contributed by atoms with van der Waals surface area (Å²) in [7, 11) is 0. The number of benzene rings is 10. The summed E-state index contributed by atoms with van der Waals surface area (Å²) in [5.74, 6) is 5.43. The summed E-state index contributed by atoms with van der Waals surface area (Å²) in [5, 5.41) is 0. The van der Waals surface area contributed by atoms with Gasteiger partial charge in [0.2, 0.25) is 0 Å². The van der Waals surface area contributed by atoms with Crippen molar-refractivity contribution in [3.63, 3.8) is 0 Å². The number of aromatic nitrogens is 18. The van der Waals surface area contributed by atoms with E-state index in [0.29, 0.717) is 5.92 Å². The van der Waals surface area contributed by atoms with Crippen LogP contribution in [-0.4, -0.2) is 87.2 Å². The number of hydrogen-bond acceptors (Lipinski definition) is 12. The van der Waals surface area contributed by atoms with E-state index in [1.807, 2.05) is 301 Å². The molecule has 22 heteroatoms. The summed E-state index contributed by atoms with van der Waals surface area (Å²) in [5.41, 5.74) is 24.6. The Hall–Kier alpha value is -13.5. The van der Waals surface area contributed by atoms with Crippen LogP contribution in [0.1, 0.15) is 36.5 Å². The van der Waals surface area contributed by atoms with E-state index >= 15 is 0 Å². The van der Waals surface area contributed by atoms with Gasteiger partial charge in [0, 0.05) is 172 Å². The second kappa shape index (κ2) is 41.7. The maximum atomic E-state index is 4.68. The Morgan fingerprint density at radius 1 is 0.220 bits per heavy atom. The van der Waals surface area contributed by atoms with E-state index in [1.54, 1.807) is 12.4 Å². The Bertz CT molecular complexity index is 6860. The zero-order chi connectivity index (χ0) is 80.6. The Labute approximate surface area is 765 Å². The van der Waals surface area contributed by atoms with Crippen molar-refractivity contribution in [1.82, 2.24) is 87.2 Å². The molecule has 0 aliphatic heterocycles. The molecular weight excluding hydrogens is 2230 g/mol. The predicted octanol–water partition coefficient (Wildman–Crippen LogP) is 21.7. The van der Waals surface area contributed by atoms with Crippen molar-refractivity contribution >= 4 is 66.2 Å². The van der Waals surface area contributed by atoms with Crippen molar-refractivity contribution in [3.05, 3.63) is 425 Å². The molecule has 0 bridgehead atoms. The van der Waals surface area contributed by atoms with E-state index in [2.05, 4.69) is 210 Å². The minimum Gasteiger partial charge on any atom is -0.411 e. The van der Waals surface area contributed by atoms with Crippen molar-refractivity contribution in [2.45, 2.75) is 33.6 Å². The van der Waals surface area contributed by atoms with Gasteiger partial charge in [-0.1, -0.05) is 368 Å². The molecule has 22 aromatic rings. The normalized spacial score (nSPS) is 10.6. The molecule has 0 fully saturated rings. The van der Waals surface area contributed by atoms with Crippen LogP contribution in [0.3, 0.4) is 0 Å². The van der Waals surface area contributed by atoms with E-state index in [4.69, 9.17) is 0 Å². The fourth-order valence-electron chi connectivity index (χ4n) is 13.9. The second-order valence-electron chi connectivity index (χ2n) is 28.0. The van der Waals surface area contributed by atoms with Gasteiger partial charge in [-0.15, -0.1) is 0 Å². The standard InChI is InChI=1S/C21H18N3.2C19H14N3.C18H12N3.2C12H8N3.4Ir/c1-15(2)17-12-21(22-13-18(17)16-8-4-3-5-9-16)24-14-23-19-10-6-7-11-20(19)24;2*1-14-11-19(20-12-16(14)15-7-3-2-4-8-15)22-13-21-17-9-5-6-10-18(17)22;1-2-6-14(7-3-1)15-10-11-18(19-12-15)21-13-20-16-8-4-5-9-17(16)21;2*1-2-6-11-10(5-1)14-9-15(11)12-7-3-4-8-13-12;;;;/h3-13,15H,1-2H3;2*2-12H,1H3;1-12H;2*1-8H;;;;/q6*-1;;;;. The molecule has 610 valence electrons. The number of para-hydroxylation sites is 12. The maximum Gasteiger partial charge on any atom is 0.0555 e. The quantitative estimate of drug-likeness (QED) is 0.112. The molecule has 0 atom stereocenters. The largest absolute Gasteiger partial charge is 0.411 e. The van der Waals surface area contributed by atoms with Gasteiger partial charge in [0.25, 0.3) is 0 Å². The molecule has 0 saturated carbocycles. The third-order valence-electron chi connectivity index (χ3n) is 19.9. The first-order valence-electron chi connectivity index (χ1n) is 38.8. The average Bonchev–Trinajstić information content (AvgIpc) is 1.70. The number of rotatable bonds is 11. The van der Waals surface area contributed by atoms with E-state index < -0.39 is 0 Å². The average molecular weight is 2310 g/mol. The Morgan fingerprint density at radius 2 is 0.472 bits per heavy atom. The minimum absolute atomic E-state index is 0. The van der Waals surface area contributed by atoms with Gasteiger partial charge < -0.3 is 57.3 Å². The van der Waals surface area contributed by atoms with Crippen molar-refractivity contribution in [2.75, 3.05) is 0 Å². The maximum absolute atomic E-state index is 4.68. The van der Waals surface area contributed by atoms with Gasteiger partial charge in [-0.3, -0.25) is 29.9 Å². The first-order chi connectivity index (χ1) is 58.7. The predicted molar refractivity (Wildman–Crippen MR) is 472 cm³/mol. The molecule has 4 radical (unpaired) electrons. The molecule has 0 unspecified atom stereocenters.